The number of carbonyl (C=O) groups excluding carboxylic acids is 1. The van der Waals surface area contributed by atoms with Gasteiger partial charge in [0.15, 0.2) is 11.5 Å². The van der Waals surface area contributed by atoms with E-state index in [9.17, 15) is 4.79 Å². The second kappa shape index (κ2) is 5.57. The standard InChI is InChI=1S/C19H14N2O2/c22-17(10-14-6-2-1-3-7-14)15-11-18(23-13-15)16-12-20-19-8-4-5-9-21(16)19/h1-9,11-13H,10H2. The SMILES string of the molecule is O=C(Cc1ccccc1)c1coc(-c2cnc3ccccn23)c1. The molecule has 23 heavy (non-hydrogen) atoms. The van der Waals surface area contributed by atoms with E-state index in [1.54, 1.807) is 12.3 Å². The summed E-state index contributed by atoms with van der Waals surface area (Å²) >= 11 is 0. The van der Waals surface area contributed by atoms with Crippen LogP contribution in [0.2, 0.25) is 0 Å². The van der Waals surface area contributed by atoms with Crippen molar-refractivity contribution in [1.82, 2.24) is 9.38 Å². The van der Waals surface area contributed by atoms with Gasteiger partial charge in [-0.05, 0) is 23.8 Å². The number of hydrogen-bond acceptors (Lipinski definition) is 3. The lowest BCUT2D eigenvalue weighted by Gasteiger charge is -1.98. The number of imidazole rings is 1. The van der Waals surface area contributed by atoms with Crippen LogP contribution in [-0.2, 0) is 6.42 Å². The molecule has 0 bridgehead atoms. The molecule has 0 N–H and O–H groups in total. The Morgan fingerprint density at radius 1 is 1.09 bits per heavy atom. The third-order valence-electron chi connectivity index (χ3n) is 3.80. The first-order chi connectivity index (χ1) is 11.3. The maximum absolute atomic E-state index is 12.4. The summed E-state index contributed by atoms with van der Waals surface area (Å²) in [5.41, 5.74) is 3.25. The summed E-state index contributed by atoms with van der Waals surface area (Å²) in [6.07, 6.45) is 5.56. The van der Waals surface area contributed by atoms with Crippen LogP contribution >= 0.6 is 0 Å². The van der Waals surface area contributed by atoms with Crippen molar-refractivity contribution in [3.8, 4) is 11.5 Å². The van der Waals surface area contributed by atoms with Crippen LogP contribution in [0, 0.1) is 0 Å². The molecular formula is C19H14N2O2. The minimum absolute atomic E-state index is 0.0417. The Kier molecular flexibility index (Phi) is 3.27. The van der Waals surface area contributed by atoms with Gasteiger partial charge in [-0.1, -0.05) is 36.4 Å². The number of aromatic nitrogens is 2. The third-order valence-corrected chi connectivity index (χ3v) is 3.80. The summed E-state index contributed by atoms with van der Waals surface area (Å²) in [5, 5.41) is 0. The predicted molar refractivity (Wildman–Crippen MR) is 87.4 cm³/mol. The van der Waals surface area contributed by atoms with Gasteiger partial charge in [-0.2, -0.15) is 0 Å². The van der Waals surface area contributed by atoms with E-state index in [4.69, 9.17) is 4.42 Å². The van der Waals surface area contributed by atoms with Gasteiger partial charge in [0.25, 0.3) is 0 Å². The van der Waals surface area contributed by atoms with Crippen LogP contribution in [0.25, 0.3) is 17.1 Å². The third kappa shape index (κ3) is 2.55. The molecule has 0 amide bonds. The average molecular weight is 302 g/mol. The normalized spacial score (nSPS) is 11.0. The second-order valence-electron chi connectivity index (χ2n) is 5.36. The zero-order valence-corrected chi connectivity index (χ0v) is 12.3. The monoisotopic (exact) mass is 302 g/mol. The number of rotatable bonds is 4. The molecule has 3 heterocycles. The summed E-state index contributed by atoms with van der Waals surface area (Å²) in [7, 11) is 0. The van der Waals surface area contributed by atoms with Crippen molar-refractivity contribution in [3.05, 3.63) is 84.4 Å². The first-order valence-corrected chi connectivity index (χ1v) is 7.39. The quantitative estimate of drug-likeness (QED) is 0.535. The number of fused-ring (bicyclic) bond motifs is 1. The molecule has 0 radical (unpaired) electrons. The van der Waals surface area contributed by atoms with Crippen molar-refractivity contribution in [2.24, 2.45) is 0 Å². The molecule has 0 unspecified atom stereocenters. The van der Waals surface area contributed by atoms with Gasteiger partial charge in [0.05, 0.1) is 11.8 Å². The van der Waals surface area contributed by atoms with Gasteiger partial charge in [0, 0.05) is 12.6 Å². The van der Waals surface area contributed by atoms with Gasteiger partial charge in [-0.25, -0.2) is 4.98 Å². The minimum Gasteiger partial charge on any atom is -0.462 e. The molecule has 0 saturated heterocycles. The fourth-order valence-corrected chi connectivity index (χ4v) is 2.61. The van der Waals surface area contributed by atoms with Crippen molar-refractivity contribution in [1.29, 1.82) is 0 Å². The first-order valence-electron chi connectivity index (χ1n) is 7.39. The zero-order valence-electron chi connectivity index (χ0n) is 12.3. The van der Waals surface area contributed by atoms with Gasteiger partial charge in [0.1, 0.15) is 17.6 Å². The number of carbonyl (C=O) groups is 1. The van der Waals surface area contributed by atoms with Crippen LogP contribution in [0.1, 0.15) is 15.9 Å². The number of furan rings is 1. The average Bonchev–Trinajstić information content (AvgIpc) is 3.22. The van der Waals surface area contributed by atoms with Crippen LogP contribution in [0.15, 0.2) is 77.7 Å². The largest absolute Gasteiger partial charge is 0.462 e. The van der Waals surface area contributed by atoms with Crippen molar-refractivity contribution < 1.29 is 9.21 Å². The van der Waals surface area contributed by atoms with Crippen molar-refractivity contribution >= 4 is 11.4 Å². The van der Waals surface area contributed by atoms with E-state index < -0.39 is 0 Å². The molecule has 4 rings (SSSR count). The molecule has 4 heteroatoms. The fraction of sp³-hybridized carbons (Fsp3) is 0.0526. The highest BCUT2D eigenvalue weighted by atomic mass is 16.3. The highest BCUT2D eigenvalue weighted by molar-refractivity contribution is 5.98. The minimum atomic E-state index is 0.0417. The Morgan fingerprint density at radius 3 is 2.78 bits per heavy atom. The van der Waals surface area contributed by atoms with E-state index in [0.29, 0.717) is 17.7 Å². The molecule has 0 aliphatic rings. The number of pyridine rings is 1. The molecule has 0 spiro atoms. The summed E-state index contributed by atoms with van der Waals surface area (Å²) in [5.74, 6) is 0.681. The lowest BCUT2D eigenvalue weighted by Crippen LogP contribution is -2.01. The zero-order chi connectivity index (χ0) is 15.6. The number of benzene rings is 1. The molecule has 0 aliphatic carbocycles. The molecule has 4 nitrogen and oxygen atoms in total. The Balaban J connectivity index is 1.63. The van der Waals surface area contributed by atoms with E-state index in [1.165, 1.54) is 6.26 Å². The Hall–Kier alpha value is -3.14. The van der Waals surface area contributed by atoms with Crippen molar-refractivity contribution in [3.63, 3.8) is 0 Å². The Labute approximate surface area is 133 Å². The highest BCUT2D eigenvalue weighted by Gasteiger charge is 2.14. The molecule has 112 valence electrons. The summed E-state index contributed by atoms with van der Waals surface area (Å²) in [6.45, 7) is 0. The van der Waals surface area contributed by atoms with E-state index in [2.05, 4.69) is 4.98 Å². The summed E-state index contributed by atoms with van der Waals surface area (Å²) < 4.78 is 7.53. The highest BCUT2D eigenvalue weighted by Crippen LogP contribution is 2.24. The molecule has 0 atom stereocenters. The molecular weight excluding hydrogens is 288 g/mol. The van der Waals surface area contributed by atoms with Gasteiger partial charge in [-0.15, -0.1) is 0 Å². The lowest BCUT2D eigenvalue weighted by atomic mass is 10.1. The van der Waals surface area contributed by atoms with Crippen LogP contribution < -0.4 is 0 Å². The van der Waals surface area contributed by atoms with E-state index in [0.717, 1.165) is 16.9 Å². The van der Waals surface area contributed by atoms with E-state index in [-0.39, 0.29) is 5.78 Å². The number of ketones is 1. The number of Topliss-reactive ketones (excluding diaryl/α,β-unsaturated/α-hetero) is 1. The van der Waals surface area contributed by atoms with Crippen LogP contribution in [-0.4, -0.2) is 15.2 Å². The van der Waals surface area contributed by atoms with Gasteiger partial charge >= 0.3 is 0 Å². The van der Waals surface area contributed by atoms with Crippen LogP contribution in [0.3, 0.4) is 0 Å². The molecule has 3 aromatic heterocycles. The van der Waals surface area contributed by atoms with Gasteiger partial charge in [0.2, 0.25) is 0 Å². The van der Waals surface area contributed by atoms with Gasteiger partial charge in [-0.3, -0.25) is 9.20 Å². The molecule has 0 aliphatic heterocycles. The predicted octanol–water partition coefficient (Wildman–Crippen LogP) is 4.02. The first kappa shape index (κ1) is 13.5. The van der Waals surface area contributed by atoms with Crippen molar-refractivity contribution in [2.45, 2.75) is 6.42 Å². The summed E-state index contributed by atoms with van der Waals surface area (Å²) in [6, 6.07) is 17.3. The topological polar surface area (TPSA) is 47.5 Å². The van der Waals surface area contributed by atoms with E-state index in [1.807, 2.05) is 59.1 Å². The number of hydrogen-bond donors (Lipinski definition) is 0. The summed E-state index contributed by atoms with van der Waals surface area (Å²) in [4.78, 5) is 16.7. The smallest absolute Gasteiger partial charge is 0.170 e. The Morgan fingerprint density at radius 2 is 1.91 bits per heavy atom. The number of nitrogens with zero attached hydrogens (tertiary/aromatic N) is 2. The second-order valence-corrected chi connectivity index (χ2v) is 5.36. The van der Waals surface area contributed by atoms with Gasteiger partial charge < -0.3 is 4.42 Å². The maximum atomic E-state index is 12.4. The Bertz CT molecular complexity index is 967. The molecule has 0 fully saturated rings. The van der Waals surface area contributed by atoms with E-state index >= 15 is 0 Å². The maximum Gasteiger partial charge on any atom is 0.170 e. The van der Waals surface area contributed by atoms with Crippen molar-refractivity contribution in [2.75, 3.05) is 0 Å². The lowest BCUT2D eigenvalue weighted by molar-refractivity contribution is 0.0992. The molecule has 1 aromatic carbocycles. The molecule has 0 saturated carbocycles. The molecule has 4 aromatic rings. The fourth-order valence-electron chi connectivity index (χ4n) is 2.61. The van der Waals surface area contributed by atoms with Crippen LogP contribution in [0.4, 0.5) is 0 Å². The van der Waals surface area contributed by atoms with Crippen LogP contribution in [0.5, 0.6) is 0 Å².